The molecular weight excluding hydrogens is 224 g/mol. The molecule has 1 aromatic rings. The maximum Gasteiger partial charge on any atom is 0.251 e. The molecule has 1 aliphatic rings. The van der Waals surface area contributed by atoms with E-state index in [-0.39, 0.29) is 5.91 Å². The van der Waals surface area contributed by atoms with Crippen molar-refractivity contribution in [3.63, 3.8) is 0 Å². The van der Waals surface area contributed by atoms with Gasteiger partial charge in [0.05, 0.1) is 0 Å². The van der Waals surface area contributed by atoms with Gasteiger partial charge in [0.1, 0.15) is 0 Å². The van der Waals surface area contributed by atoms with Gasteiger partial charge in [-0.15, -0.1) is 0 Å². The Bertz CT molecular complexity index is 399. The fourth-order valence-electron chi connectivity index (χ4n) is 2.71. The van der Waals surface area contributed by atoms with E-state index in [1.54, 1.807) is 7.05 Å². The van der Waals surface area contributed by atoms with Crippen molar-refractivity contribution in [2.75, 3.05) is 27.2 Å². The predicted octanol–water partition coefficient (Wildman–Crippen LogP) is 1.93. The molecule has 0 saturated carbocycles. The number of carbonyl (C=O) groups is 1. The lowest BCUT2D eigenvalue weighted by atomic mass is 9.91. The van der Waals surface area contributed by atoms with Crippen molar-refractivity contribution in [2.24, 2.45) is 5.92 Å². The molecule has 1 atom stereocenters. The molecule has 1 fully saturated rings. The summed E-state index contributed by atoms with van der Waals surface area (Å²) >= 11 is 0. The minimum absolute atomic E-state index is 0.0149. The molecule has 3 heteroatoms. The standard InChI is InChI=1S/C15H22N2O/c1-16-15(18)14-7-5-12(6-8-14)10-13-4-3-9-17(2)11-13/h5-8,13H,3-4,9-11H2,1-2H3,(H,16,18). The predicted molar refractivity (Wildman–Crippen MR) is 73.8 cm³/mol. The molecule has 1 heterocycles. The Morgan fingerprint density at radius 2 is 2.11 bits per heavy atom. The molecule has 0 spiro atoms. The van der Waals surface area contributed by atoms with Crippen molar-refractivity contribution in [3.8, 4) is 0 Å². The highest BCUT2D eigenvalue weighted by Gasteiger charge is 2.17. The van der Waals surface area contributed by atoms with Crippen LogP contribution >= 0.6 is 0 Å². The number of amides is 1. The van der Waals surface area contributed by atoms with Gasteiger partial charge in [-0.25, -0.2) is 0 Å². The molecular formula is C15H22N2O. The van der Waals surface area contributed by atoms with Crippen LogP contribution in [0.3, 0.4) is 0 Å². The SMILES string of the molecule is CNC(=O)c1ccc(CC2CCCN(C)C2)cc1. The number of rotatable bonds is 3. The quantitative estimate of drug-likeness (QED) is 0.884. The molecule has 1 aromatic carbocycles. The van der Waals surface area contributed by atoms with E-state index in [2.05, 4.69) is 29.4 Å². The second-order valence-electron chi connectivity index (χ2n) is 5.25. The van der Waals surface area contributed by atoms with Crippen LogP contribution < -0.4 is 5.32 Å². The molecule has 0 aromatic heterocycles. The molecule has 1 N–H and O–H groups in total. The van der Waals surface area contributed by atoms with E-state index in [9.17, 15) is 4.79 Å². The molecule has 2 rings (SSSR count). The summed E-state index contributed by atoms with van der Waals surface area (Å²) in [6, 6.07) is 8.00. The third-order valence-corrected chi connectivity index (χ3v) is 3.69. The Balaban J connectivity index is 1.95. The fraction of sp³-hybridized carbons (Fsp3) is 0.533. The number of piperidine rings is 1. The summed E-state index contributed by atoms with van der Waals surface area (Å²) in [7, 11) is 3.86. The number of nitrogens with one attached hydrogen (secondary N) is 1. The van der Waals surface area contributed by atoms with Crippen LogP contribution in [0.5, 0.6) is 0 Å². The maximum atomic E-state index is 11.4. The highest BCUT2D eigenvalue weighted by Crippen LogP contribution is 2.20. The van der Waals surface area contributed by atoms with Gasteiger partial charge in [0.15, 0.2) is 0 Å². The van der Waals surface area contributed by atoms with E-state index in [0.717, 1.165) is 17.9 Å². The van der Waals surface area contributed by atoms with Gasteiger partial charge in [0.2, 0.25) is 0 Å². The summed E-state index contributed by atoms with van der Waals surface area (Å²) in [4.78, 5) is 13.8. The first-order valence-corrected chi connectivity index (χ1v) is 6.68. The van der Waals surface area contributed by atoms with E-state index in [1.165, 1.54) is 31.5 Å². The van der Waals surface area contributed by atoms with E-state index in [4.69, 9.17) is 0 Å². The third-order valence-electron chi connectivity index (χ3n) is 3.69. The molecule has 1 amide bonds. The highest BCUT2D eigenvalue weighted by molar-refractivity contribution is 5.93. The highest BCUT2D eigenvalue weighted by atomic mass is 16.1. The van der Waals surface area contributed by atoms with Crippen LogP contribution in [0.4, 0.5) is 0 Å². The smallest absolute Gasteiger partial charge is 0.251 e. The Morgan fingerprint density at radius 3 is 2.72 bits per heavy atom. The Morgan fingerprint density at radius 1 is 1.39 bits per heavy atom. The van der Waals surface area contributed by atoms with E-state index < -0.39 is 0 Å². The first kappa shape index (κ1) is 13.1. The first-order chi connectivity index (χ1) is 8.69. The Kier molecular flexibility index (Phi) is 4.37. The molecule has 1 aliphatic heterocycles. The number of carbonyl (C=O) groups excluding carboxylic acids is 1. The normalized spacial score (nSPS) is 20.7. The van der Waals surface area contributed by atoms with Gasteiger partial charge in [0.25, 0.3) is 5.91 Å². The van der Waals surface area contributed by atoms with E-state index in [0.29, 0.717) is 0 Å². The van der Waals surface area contributed by atoms with Crippen LogP contribution in [0.1, 0.15) is 28.8 Å². The number of likely N-dealkylation sites (tertiary alicyclic amines) is 1. The van der Waals surface area contributed by atoms with Crippen molar-refractivity contribution in [1.29, 1.82) is 0 Å². The topological polar surface area (TPSA) is 32.3 Å². The van der Waals surface area contributed by atoms with E-state index in [1.807, 2.05) is 12.1 Å². The van der Waals surface area contributed by atoms with Crippen molar-refractivity contribution in [3.05, 3.63) is 35.4 Å². The molecule has 1 saturated heterocycles. The number of hydrogen-bond acceptors (Lipinski definition) is 2. The largest absolute Gasteiger partial charge is 0.355 e. The molecule has 1 unspecified atom stereocenters. The van der Waals surface area contributed by atoms with Crippen LogP contribution in [0.15, 0.2) is 24.3 Å². The van der Waals surface area contributed by atoms with Crippen molar-refractivity contribution in [2.45, 2.75) is 19.3 Å². The molecule has 3 nitrogen and oxygen atoms in total. The van der Waals surface area contributed by atoms with Gasteiger partial charge in [0, 0.05) is 19.2 Å². The first-order valence-electron chi connectivity index (χ1n) is 6.68. The average Bonchev–Trinajstić information content (AvgIpc) is 2.39. The Hall–Kier alpha value is -1.35. The van der Waals surface area contributed by atoms with Gasteiger partial charge in [-0.2, -0.15) is 0 Å². The van der Waals surface area contributed by atoms with Crippen LogP contribution in [0.25, 0.3) is 0 Å². The maximum absolute atomic E-state index is 11.4. The molecule has 0 radical (unpaired) electrons. The van der Waals surface area contributed by atoms with Crippen LogP contribution in [-0.4, -0.2) is 38.0 Å². The summed E-state index contributed by atoms with van der Waals surface area (Å²) in [6.45, 7) is 2.42. The van der Waals surface area contributed by atoms with Gasteiger partial charge in [-0.3, -0.25) is 4.79 Å². The van der Waals surface area contributed by atoms with Crippen LogP contribution in [-0.2, 0) is 6.42 Å². The average molecular weight is 246 g/mol. The van der Waals surface area contributed by atoms with E-state index >= 15 is 0 Å². The molecule has 98 valence electrons. The number of nitrogens with zero attached hydrogens (tertiary/aromatic N) is 1. The summed E-state index contributed by atoms with van der Waals surface area (Å²) < 4.78 is 0. The summed E-state index contributed by atoms with van der Waals surface area (Å²) in [6.07, 6.45) is 3.75. The summed E-state index contributed by atoms with van der Waals surface area (Å²) in [5, 5.41) is 2.64. The lowest BCUT2D eigenvalue weighted by Crippen LogP contribution is -2.32. The zero-order valence-electron chi connectivity index (χ0n) is 11.3. The number of benzene rings is 1. The van der Waals surface area contributed by atoms with Crippen molar-refractivity contribution >= 4 is 5.91 Å². The van der Waals surface area contributed by atoms with Gasteiger partial charge in [-0.1, -0.05) is 12.1 Å². The molecule has 18 heavy (non-hydrogen) atoms. The van der Waals surface area contributed by atoms with Gasteiger partial charge >= 0.3 is 0 Å². The minimum Gasteiger partial charge on any atom is -0.355 e. The minimum atomic E-state index is -0.0149. The van der Waals surface area contributed by atoms with Crippen LogP contribution in [0, 0.1) is 5.92 Å². The second-order valence-corrected chi connectivity index (χ2v) is 5.25. The summed E-state index contributed by atoms with van der Waals surface area (Å²) in [5.74, 6) is 0.744. The molecule has 0 bridgehead atoms. The van der Waals surface area contributed by atoms with Crippen molar-refractivity contribution < 1.29 is 4.79 Å². The van der Waals surface area contributed by atoms with Crippen molar-refractivity contribution in [1.82, 2.24) is 10.2 Å². The Labute approximate surface area is 109 Å². The third kappa shape index (κ3) is 3.33. The lowest BCUT2D eigenvalue weighted by Gasteiger charge is -2.29. The molecule has 0 aliphatic carbocycles. The lowest BCUT2D eigenvalue weighted by molar-refractivity contribution is 0.0963. The van der Waals surface area contributed by atoms with Crippen LogP contribution in [0.2, 0.25) is 0 Å². The number of hydrogen-bond donors (Lipinski definition) is 1. The zero-order chi connectivity index (χ0) is 13.0. The van der Waals surface area contributed by atoms with Gasteiger partial charge in [-0.05, 0) is 56.5 Å². The monoisotopic (exact) mass is 246 g/mol. The second kappa shape index (κ2) is 6.01. The van der Waals surface area contributed by atoms with Gasteiger partial charge < -0.3 is 10.2 Å². The fourth-order valence-corrected chi connectivity index (χ4v) is 2.71. The zero-order valence-corrected chi connectivity index (χ0v) is 11.3. The summed E-state index contributed by atoms with van der Waals surface area (Å²) in [5.41, 5.74) is 2.07.